The molecule has 0 aliphatic carbocycles. The minimum Gasteiger partial charge on any atom is -0.383 e. The number of sulfone groups is 1. The van der Waals surface area contributed by atoms with Crippen LogP contribution in [0.3, 0.4) is 0 Å². The van der Waals surface area contributed by atoms with E-state index in [9.17, 15) is 27.1 Å². The van der Waals surface area contributed by atoms with Crippen LogP contribution in [0.5, 0.6) is 0 Å². The number of benzene rings is 1. The van der Waals surface area contributed by atoms with E-state index < -0.39 is 44.8 Å². The second-order valence-corrected chi connectivity index (χ2v) is 8.07. The van der Waals surface area contributed by atoms with Gasteiger partial charge in [0.1, 0.15) is 22.5 Å². The molecule has 1 amide bonds. The van der Waals surface area contributed by atoms with Crippen molar-refractivity contribution in [1.82, 2.24) is 5.32 Å². The first-order valence-electron chi connectivity index (χ1n) is 7.18. The lowest BCUT2D eigenvalue weighted by atomic mass is 9.95. The van der Waals surface area contributed by atoms with Crippen molar-refractivity contribution in [2.45, 2.75) is 38.0 Å². The molecule has 23 heavy (non-hydrogen) atoms. The lowest BCUT2D eigenvalue weighted by molar-refractivity contribution is -0.121. The number of nitrogens with one attached hydrogen (secondary N) is 1. The zero-order chi connectivity index (χ0) is 17.8. The van der Waals surface area contributed by atoms with Crippen molar-refractivity contribution >= 4 is 15.7 Å². The summed E-state index contributed by atoms with van der Waals surface area (Å²) in [6.07, 6.45) is 0.387. The van der Waals surface area contributed by atoms with Crippen molar-refractivity contribution in [2.24, 2.45) is 0 Å². The molecular formula is C15H21F2NO4S. The minimum absolute atomic E-state index is 0.120. The molecule has 0 fully saturated rings. The Morgan fingerprint density at radius 3 is 2.52 bits per heavy atom. The van der Waals surface area contributed by atoms with Gasteiger partial charge in [0, 0.05) is 11.6 Å². The number of halogens is 2. The van der Waals surface area contributed by atoms with Gasteiger partial charge in [0.25, 0.3) is 0 Å². The van der Waals surface area contributed by atoms with Gasteiger partial charge in [0.15, 0.2) is 9.84 Å². The molecule has 1 aromatic rings. The lowest BCUT2D eigenvalue weighted by Gasteiger charge is -2.25. The highest BCUT2D eigenvalue weighted by Crippen LogP contribution is 2.23. The summed E-state index contributed by atoms with van der Waals surface area (Å²) in [5, 5.41) is 11.3. The average molecular weight is 349 g/mol. The zero-order valence-electron chi connectivity index (χ0n) is 13.3. The van der Waals surface area contributed by atoms with Crippen molar-refractivity contribution in [3.05, 3.63) is 35.4 Å². The Morgan fingerprint density at radius 1 is 1.39 bits per heavy atom. The van der Waals surface area contributed by atoms with Gasteiger partial charge in [-0.15, -0.1) is 0 Å². The van der Waals surface area contributed by atoms with E-state index in [1.54, 1.807) is 6.92 Å². The van der Waals surface area contributed by atoms with E-state index >= 15 is 0 Å². The summed E-state index contributed by atoms with van der Waals surface area (Å²) >= 11 is 0. The van der Waals surface area contributed by atoms with Crippen molar-refractivity contribution in [3.8, 4) is 0 Å². The predicted octanol–water partition coefficient (Wildman–Crippen LogP) is 1.50. The maximum absolute atomic E-state index is 13.7. The molecule has 5 nitrogen and oxygen atoms in total. The summed E-state index contributed by atoms with van der Waals surface area (Å²) in [5.41, 5.74) is -2.00. The van der Waals surface area contributed by atoms with E-state index in [0.717, 1.165) is 12.1 Å². The van der Waals surface area contributed by atoms with Gasteiger partial charge >= 0.3 is 0 Å². The number of amides is 1. The molecule has 0 saturated carbocycles. The molecule has 8 heteroatoms. The van der Waals surface area contributed by atoms with Crippen molar-refractivity contribution in [1.29, 1.82) is 0 Å². The molecule has 0 bridgehead atoms. The number of hydrogen-bond donors (Lipinski definition) is 2. The molecule has 2 atom stereocenters. The molecule has 1 rings (SSSR count). The zero-order valence-corrected chi connectivity index (χ0v) is 14.1. The molecule has 2 N–H and O–H groups in total. The molecule has 2 unspecified atom stereocenters. The Kier molecular flexibility index (Phi) is 6.24. The third kappa shape index (κ3) is 4.97. The fourth-order valence-corrected chi connectivity index (χ4v) is 3.38. The van der Waals surface area contributed by atoms with Gasteiger partial charge in [-0.05, 0) is 26.3 Å². The Hall–Kier alpha value is -1.54. The molecule has 0 aliphatic rings. The highest BCUT2D eigenvalue weighted by molar-refractivity contribution is 7.92. The third-order valence-electron chi connectivity index (χ3n) is 3.51. The summed E-state index contributed by atoms with van der Waals surface area (Å²) in [6, 6.07) is 2.69. The van der Waals surface area contributed by atoms with E-state index in [-0.39, 0.29) is 11.3 Å². The van der Waals surface area contributed by atoms with Crippen molar-refractivity contribution in [2.75, 3.05) is 12.3 Å². The van der Waals surface area contributed by atoms with Crippen LogP contribution in [0.1, 0.15) is 32.8 Å². The first-order valence-corrected chi connectivity index (χ1v) is 8.90. The Balaban J connectivity index is 2.81. The van der Waals surface area contributed by atoms with Gasteiger partial charge in [-0.25, -0.2) is 17.2 Å². The molecular weight excluding hydrogens is 328 g/mol. The second kappa shape index (κ2) is 7.35. The van der Waals surface area contributed by atoms with Gasteiger partial charge in [0.2, 0.25) is 5.91 Å². The maximum atomic E-state index is 13.7. The second-order valence-electron chi connectivity index (χ2n) is 5.63. The van der Waals surface area contributed by atoms with E-state index in [1.807, 2.05) is 0 Å². The van der Waals surface area contributed by atoms with Crippen LogP contribution in [0, 0.1) is 11.6 Å². The molecule has 0 heterocycles. The highest BCUT2D eigenvalue weighted by Gasteiger charge is 2.31. The number of rotatable bonds is 7. The molecule has 0 aliphatic heterocycles. The number of aliphatic hydroxyl groups is 1. The van der Waals surface area contributed by atoms with E-state index in [4.69, 9.17) is 0 Å². The summed E-state index contributed by atoms with van der Waals surface area (Å²) in [6.45, 7) is 3.78. The van der Waals surface area contributed by atoms with Crippen LogP contribution in [0.15, 0.2) is 18.2 Å². The Morgan fingerprint density at radius 2 is 2.00 bits per heavy atom. The van der Waals surface area contributed by atoms with Crippen LogP contribution in [-0.2, 0) is 20.2 Å². The fourth-order valence-electron chi connectivity index (χ4n) is 2.05. The molecule has 0 aromatic heterocycles. The number of hydrogen-bond acceptors (Lipinski definition) is 4. The van der Waals surface area contributed by atoms with Gasteiger partial charge < -0.3 is 10.4 Å². The molecule has 0 spiro atoms. The first kappa shape index (κ1) is 19.5. The van der Waals surface area contributed by atoms with Crippen LogP contribution in [0.25, 0.3) is 0 Å². The van der Waals surface area contributed by atoms with Crippen LogP contribution >= 0.6 is 0 Å². The third-order valence-corrected chi connectivity index (χ3v) is 5.78. The van der Waals surface area contributed by atoms with Gasteiger partial charge in [0.05, 0.1) is 12.3 Å². The average Bonchev–Trinajstić information content (AvgIpc) is 2.43. The lowest BCUT2D eigenvalue weighted by Crippen LogP contribution is -2.45. The standard InChI is InChI=1S/C15H21F2NO4S/c1-4-7-23(21,22)10(2)14(19)18-9-15(3,20)12-6-5-11(16)8-13(12)17/h5-6,8,10,20H,4,7,9H2,1-3H3,(H,18,19). The molecule has 0 saturated heterocycles. The topological polar surface area (TPSA) is 83.5 Å². The molecule has 130 valence electrons. The first-order chi connectivity index (χ1) is 10.5. The fraction of sp³-hybridized carbons (Fsp3) is 0.533. The monoisotopic (exact) mass is 349 g/mol. The number of carbonyl (C=O) groups is 1. The van der Waals surface area contributed by atoms with Crippen molar-refractivity contribution < 1.29 is 27.1 Å². The summed E-state index contributed by atoms with van der Waals surface area (Å²) < 4.78 is 50.3. The van der Waals surface area contributed by atoms with Crippen LogP contribution in [0.2, 0.25) is 0 Å². The maximum Gasteiger partial charge on any atom is 0.238 e. The summed E-state index contributed by atoms with van der Waals surface area (Å²) in [5.74, 6) is -2.63. The van der Waals surface area contributed by atoms with E-state index in [2.05, 4.69) is 5.32 Å². The quantitative estimate of drug-likeness (QED) is 0.781. The summed E-state index contributed by atoms with van der Waals surface area (Å²) in [7, 11) is -3.57. The van der Waals surface area contributed by atoms with Crippen LogP contribution in [-0.4, -0.2) is 37.0 Å². The molecule has 1 aromatic carbocycles. The normalized spacial score (nSPS) is 15.7. The van der Waals surface area contributed by atoms with Crippen molar-refractivity contribution in [3.63, 3.8) is 0 Å². The van der Waals surface area contributed by atoms with Crippen LogP contribution < -0.4 is 5.32 Å². The smallest absolute Gasteiger partial charge is 0.238 e. The summed E-state index contributed by atoms with van der Waals surface area (Å²) in [4.78, 5) is 11.9. The highest BCUT2D eigenvalue weighted by atomic mass is 32.2. The SMILES string of the molecule is CCCS(=O)(=O)C(C)C(=O)NCC(C)(O)c1ccc(F)cc1F. The van der Waals surface area contributed by atoms with E-state index in [0.29, 0.717) is 12.5 Å². The van der Waals surface area contributed by atoms with Crippen LogP contribution in [0.4, 0.5) is 8.78 Å². The largest absolute Gasteiger partial charge is 0.383 e. The Bertz CT molecular complexity index is 674. The van der Waals surface area contributed by atoms with E-state index in [1.165, 1.54) is 13.8 Å². The van der Waals surface area contributed by atoms with Gasteiger partial charge in [-0.3, -0.25) is 4.79 Å². The minimum atomic E-state index is -3.57. The molecule has 0 radical (unpaired) electrons. The predicted molar refractivity (Wildman–Crippen MR) is 82.5 cm³/mol. The number of carbonyl (C=O) groups excluding carboxylic acids is 1. The van der Waals surface area contributed by atoms with Gasteiger partial charge in [-0.2, -0.15) is 0 Å². The Labute approximate surface area is 134 Å². The van der Waals surface area contributed by atoms with Gasteiger partial charge in [-0.1, -0.05) is 13.0 Å².